The maximum absolute atomic E-state index is 12.3. The molecule has 0 saturated carbocycles. The van der Waals surface area contributed by atoms with E-state index in [2.05, 4.69) is 15.6 Å². The maximum atomic E-state index is 12.3. The van der Waals surface area contributed by atoms with Crippen molar-refractivity contribution in [1.29, 1.82) is 0 Å². The quantitative estimate of drug-likeness (QED) is 0.433. The summed E-state index contributed by atoms with van der Waals surface area (Å²) in [4.78, 5) is 23.0. The van der Waals surface area contributed by atoms with E-state index in [1.54, 1.807) is 35.1 Å². The number of carboxylic acid groups (broad SMARTS) is 1. The number of carbonyl (C=O) groups is 2. The van der Waals surface area contributed by atoms with E-state index < -0.39 is 5.97 Å². The minimum absolute atomic E-state index is 0.0740. The predicted octanol–water partition coefficient (Wildman–Crippen LogP) is 3.16. The van der Waals surface area contributed by atoms with Gasteiger partial charge in [0, 0.05) is 30.5 Å². The molecule has 0 aliphatic heterocycles. The van der Waals surface area contributed by atoms with Crippen LogP contribution in [0.5, 0.6) is 23.0 Å². The van der Waals surface area contributed by atoms with E-state index in [0.29, 0.717) is 45.6 Å². The van der Waals surface area contributed by atoms with Crippen molar-refractivity contribution in [3.05, 3.63) is 36.5 Å². The molecule has 11 nitrogen and oxygen atoms in total. The van der Waals surface area contributed by atoms with E-state index in [-0.39, 0.29) is 25.2 Å². The van der Waals surface area contributed by atoms with Crippen LogP contribution in [0.15, 0.2) is 36.5 Å². The minimum atomic E-state index is -0.945. The third kappa shape index (κ3) is 5.37. The lowest BCUT2D eigenvalue weighted by Crippen LogP contribution is -2.13. The molecule has 0 aliphatic carbocycles. The molecule has 2 N–H and O–H groups in total. The van der Waals surface area contributed by atoms with Gasteiger partial charge in [-0.1, -0.05) is 5.21 Å². The lowest BCUT2D eigenvalue weighted by molar-refractivity contribution is -0.137. The summed E-state index contributed by atoms with van der Waals surface area (Å²) in [6.45, 7) is 0. The largest absolute Gasteiger partial charge is 0.495 e. The third-order valence-corrected chi connectivity index (χ3v) is 5.01. The van der Waals surface area contributed by atoms with Crippen LogP contribution in [0.1, 0.15) is 19.3 Å². The first-order valence-corrected chi connectivity index (χ1v) is 10.3. The van der Waals surface area contributed by atoms with Crippen LogP contribution in [-0.4, -0.2) is 60.4 Å². The van der Waals surface area contributed by atoms with E-state index in [1.807, 2.05) is 6.07 Å². The number of benzene rings is 2. The smallest absolute Gasteiger partial charge is 0.303 e. The Morgan fingerprint density at radius 1 is 0.941 bits per heavy atom. The summed E-state index contributed by atoms with van der Waals surface area (Å²) in [5, 5.41) is 19.8. The number of aromatic nitrogens is 3. The SMILES string of the molecule is COc1ccc(-c2cnnn2-c2cc(OC)c(OC)c(OC)c2)cc1NC(=O)CCCC(=O)O. The Bertz CT molecular complexity index is 1150. The molecule has 1 amide bonds. The molecule has 34 heavy (non-hydrogen) atoms. The van der Waals surface area contributed by atoms with Gasteiger partial charge in [-0.3, -0.25) is 9.59 Å². The fourth-order valence-electron chi connectivity index (χ4n) is 3.39. The molecule has 11 heteroatoms. The molecule has 3 rings (SSSR count). The zero-order valence-corrected chi connectivity index (χ0v) is 19.3. The van der Waals surface area contributed by atoms with Crippen molar-refractivity contribution in [1.82, 2.24) is 15.0 Å². The van der Waals surface area contributed by atoms with Crippen molar-refractivity contribution >= 4 is 17.6 Å². The van der Waals surface area contributed by atoms with Gasteiger partial charge in [-0.2, -0.15) is 0 Å². The van der Waals surface area contributed by atoms with Crippen LogP contribution in [0.3, 0.4) is 0 Å². The van der Waals surface area contributed by atoms with Crippen LogP contribution in [0.4, 0.5) is 5.69 Å². The molecule has 0 radical (unpaired) electrons. The Hall–Kier alpha value is -4.28. The number of anilines is 1. The van der Waals surface area contributed by atoms with Crippen LogP contribution in [0, 0.1) is 0 Å². The van der Waals surface area contributed by atoms with Crippen molar-refractivity contribution in [2.24, 2.45) is 0 Å². The molecule has 0 unspecified atom stereocenters. The Kier molecular flexibility index (Phi) is 7.91. The van der Waals surface area contributed by atoms with Crippen molar-refractivity contribution < 1.29 is 33.6 Å². The summed E-state index contributed by atoms with van der Waals surface area (Å²) in [5.41, 5.74) is 2.41. The van der Waals surface area contributed by atoms with Crippen molar-refractivity contribution in [2.75, 3.05) is 33.8 Å². The monoisotopic (exact) mass is 470 g/mol. The molecule has 0 spiro atoms. The van der Waals surface area contributed by atoms with Crippen molar-refractivity contribution in [3.8, 4) is 39.9 Å². The van der Waals surface area contributed by atoms with Gasteiger partial charge in [-0.25, -0.2) is 4.68 Å². The first-order valence-electron chi connectivity index (χ1n) is 10.3. The first-order chi connectivity index (χ1) is 16.4. The van der Waals surface area contributed by atoms with Crippen molar-refractivity contribution in [3.63, 3.8) is 0 Å². The molecule has 0 aliphatic rings. The molecular formula is C23H26N4O7. The van der Waals surface area contributed by atoms with Crippen molar-refractivity contribution in [2.45, 2.75) is 19.3 Å². The van der Waals surface area contributed by atoms with E-state index in [0.717, 1.165) is 0 Å². The maximum Gasteiger partial charge on any atom is 0.303 e. The van der Waals surface area contributed by atoms with E-state index >= 15 is 0 Å². The summed E-state index contributed by atoms with van der Waals surface area (Å²) in [7, 11) is 6.07. The van der Waals surface area contributed by atoms with Gasteiger partial charge < -0.3 is 29.4 Å². The number of hydrogen-bond donors (Lipinski definition) is 2. The number of carbonyl (C=O) groups excluding carboxylic acids is 1. The standard InChI is InChI=1S/C23H26N4O7/c1-31-18-9-8-14(10-16(18)25-21(28)6-5-7-22(29)30)17-13-24-26-27(17)15-11-19(32-2)23(34-4)20(12-15)33-3/h8-13H,5-7H2,1-4H3,(H,25,28)(H,29,30). The van der Waals surface area contributed by atoms with Gasteiger partial charge in [0.2, 0.25) is 11.7 Å². The highest BCUT2D eigenvalue weighted by atomic mass is 16.5. The Morgan fingerprint density at radius 2 is 1.62 bits per heavy atom. The Morgan fingerprint density at radius 3 is 2.21 bits per heavy atom. The summed E-state index contributed by atoms with van der Waals surface area (Å²) >= 11 is 0. The Balaban J connectivity index is 1.96. The Labute approximate surface area is 196 Å². The molecule has 1 heterocycles. The highest BCUT2D eigenvalue weighted by molar-refractivity contribution is 5.93. The second kappa shape index (κ2) is 11.0. The van der Waals surface area contributed by atoms with Gasteiger partial charge in [-0.05, 0) is 24.6 Å². The highest BCUT2D eigenvalue weighted by Crippen LogP contribution is 2.40. The fraction of sp³-hybridized carbons (Fsp3) is 0.304. The van der Waals surface area contributed by atoms with Crippen LogP contribution < -0.4 is 24.3 Å². The molecule has 3 aromatic rings. The number of amides is 1. The van der Waals surface area contributed by atoms with Gasteiger partial charge in [0.1, 0.15) is 5.75 Å². The number of nitrogens with zero attached hydrogens (tertiary/aromatic N) is 3. The van der Waals surface area contributed by atoms with Gasteiger partial charge in [0.25, 0.3) is 0 Å². The number of aliphatic carboxylic acids is 1. The van der Waals surface area contributed by atoms with Crippen LogP contribution >= 0.6 is 0 Å². The van der Waals surface area contributed by atoms with Crippen LogP contribution in [0.2, 0.25) is 0 Å². The lowest BCUT2D eigenvalue weighted by Gasteiger charge is -2.15. The summed E-state index contributed by atoms with van der Waals surface area (Å²) in [6, 6.07) is 8.75. The first kappa shape index (κ1) is 24.4. The lowest BCUT2D eigenvalue weighted by atomic mass is 10.1. The number of rotatable bonds is 11. The molecule has 1 aromatic heterocycles. The number of hydrogen-bond acceptors (Lipinski definition) is 8. The number of methoxy groups -OCH3 is 4. The average Bonchev–Trinajstić information content (AvgIpc) is 3.32. The normalized spacial score (nSPS) is 10.5. The number of carboxylic acids is 1. The summed E-state index contributed by atoms with van der Waals surface area (Å²) < 4.78 is 23.2. The summed E-state index contributed by atoms with van der Waals surface area (Å²) in [5.74, 6) is 0.576. The molecule has 180 valence electrons. The summed E-state index contributed by atoms with van der Waals surface area (Å²) in [6.07, 6.45) is 1.82. The average molecular weight is 470 g/mol. The van der Waals surface area contributed by atoms with Crippen LogP contribution in [0.25, 0.3) is 16.9 Å². The minimum Gasteiger partial charge on any atom is -0.495 e. The van der Waals surface area contributed by atoms with Gasteiger partial charge in [-0.15, -0.1) is 5.10 Å². The molecule has 0 atom stereocenters. The second-order valence-electron chi connectivity index (χ2n) is 7.13. The fourth-order valence-corrected chi connectivity index (χ4v) is 3.39. The number of nitrogens with one attached hydrogen (secondary N) is 1. The molecular weight excluding hydrogens is 444 g/mol. The van der Waals surface area contributed by atoms with E-state index in [1.165, 1.54) is 28.4 Å². The van der Waals surface area contributed by atoms with Gasteiger partial charge in [0.15, 0.2) is 11.5 Å². The highest BCUT2D eigenvalue weighted by Gasteiger charge is 2.18. The van der Waals surface area contributed by atoms with Gasteiger partial charge in [0.05, 0.1) is 51.7 Å². The third-order valence-electron chi connectivity index (χ3n) is 5.01. The zero-order valence-electron chi connectivity index (χ0n) is 19.3. The molecule has 0 saturated heterocycles. The predicted molar refractivity (Wildman–Crippen MR) is 123 cm³/mol. The number of ether oxygens (including phenoxy) is 4. The van der Waals surface area contributed by atoms with Gasteiger partial charge >= 0.3 is 5.97 Å². The topological polar surface area (TPSA) is 134 Å². The molecule has 0 fully saturated rings. The zero-order chi connectivity index (χ0) is 24.7. The van der Waals surface area contributed by atoms with Crippen LogP contribution in [-0.2, 0) is 9.59 Å². The second-order valence-corrected chi connectivity index (χ2v) is 7.13. The van der Waals surface area contributed by atoms with E-state index in [4.69, 9.17) is 24.1 Å². The van der Waals surface area contributed by atoms with E-state index in [9.17, 15) is 9.59 Å². The molecule has 2 aromatic carbocycles. The molecule has 0 bridgehead atoms.